The number of nitro groups is 1. The van der Waals surface area contributed by atoms with Crippen LogP contribution in [0.5, 0.6) is 0 Å². The summed E-state index contributed by atoms with van der Waals surface area (Å²) >= 11 is 0. The average molecular weight is 293 g/mol. The van der Waals surface area contributed by atoms with E-state index in [0.29, 0.717) is 11.3 Å². The lowest BCUT2D eigenvalue weighted by atomic mass is 10.1. The van der Waals surface area contributed by atoms with Crippen LogP contribution in [-0.4, -0.2) is 37.1 Å². The molecule has 2 rings (SSSR count). The largest absolute Gasteiger partial charge is 0.383 e. The summed E-state index contributed by atoms with van der Waals surface area (Å²) in [7, 11) is 3.22. The molecule has 1 aromatic rings. The van der Waals surface area contributed by atoms with Crippen molar-refractivity contribution in [3.05, 3.63) is 33.9 Å². The topological polar surface area (TPSA) is 93.5 Å². The van der Waals surface area contributed by atoms with Gasteiger partial charge in [0.15, 0.2) is 0 Å². The molecular weight excluding hydrogens is 274 g/mol. The molecule has 2 unspecified atom stereocenters. The van der Waals surface area contributed by atoms with Crippen molar-refractivity contribution in [1.29, 1.82) is 0 Å². The lowest BCUT2D eigenvalue weighted by molar-refractivity contribution is -0.383. The molecule has 0 aromatic heterocycles. The predicted molar refractivity (Wildman–Crippen MR) is 78.5 cm³/mol. The predicted octanol–water partition coefficient (Wildman–Crippen LogP) is 1.93. The van der Waals surface area contributed by atoms with E-state index in [4.69, 9.17) is 4.74 Å². The Morgan fingerprint density at radius 1 is 1.43 bits per heavy atom. The van der Waals surface area contributed by atoms with Crippen LogP contribution in [0.2, 0.25) is 0 Å². The van der Waals surface area contributed by atoms with E-state index >= 15 is 0 Å². The quantitative estimate of drug-likeness (QED) is 0.639. The van der Waals surface area contributed by atoms with Crippen LogP contribution in [0, 0.1) is 10.1 Å². The molecule has 1 saturated carbocycles. The van der Waals surface area contributed by atoms with Gasteiger partial charge in [-0.3, -0.25) is 14.9 Å². The van der Waals surface area contributed by atoms with Crippen molar-refractivity contribution >= 4 is 17.3 Å². The number of carbonyl (C=O) groups is 1. The first-order valence-electron chi connectivity index (χ1n) is 6.86. The molecule has 0 radical (unpaired) electrons. The first kappa shape index (κ1) is 15.2. The third-order valence-electron chi connectivity index (χ3n) is 3.80. The summed E-state index contributed by atoms with van der Waals surface area (Å²) in [6, 6.07) is 4.29. The maximum absolute atomic E-state index is 12.2. The van der Waals surface area contributed by atoms with Crippen molar-refractivity contribution in [3.8, 4) is 0 Å². The lowest BCUT2D eigenvalue weighted by Gasteiger charge is -2.19. The van der Waals surface area contributed by atoms with Crippen molar-refractivity contribution < 1.29 is 14.5 Å². The minimum Gasteiger partial charge on any atom is -0.383 e. The molecule has 21 heavy (non-hydrogen) atoms. The lowest BCUT2D eigenvalue weighted by Crippen LogP contribution is -2.40. The van der Waals surface area contributed by atoms with Gasteiger partial charge in [0, 0.05) is 25.8 Å². The normalized spacial score (nSPS) is 21.0. The van der Waals surface area contributed by atoms with Crippen LogP contribution in [-0.2, 0) is 4.74 Å². The molecule has 0 aliphatic heterocycles. The Kier molecular flexibility index (Phi) is 4.74. The van der Waals surface area contributed by atoms with E-state index < -0.39 is 4.92 Å². The number of anilines is 1. The van der Waals surface area contributed by atoms with Crippen molar-refractivity contribution in [3.63, 3.8) is 0 Å². The second kappa shape index (κ2) is 6.53. The summed E-state index contributed by atoms with van der Waals surface area (Å²) in [5.41, 5.74) is 0.666. The minimum absolute atomic E-state index is 0.00396. The molecule has 2 N–H and O–H groups in total. The maximum Gasteiger partial charge on any atom is 0.292 e. The van der Waals surface area contributed by atoms with Gasteiger partial charge in [-0.15, -0.1) is 0 Å². The molecule has 1 aromatic carbocycles. The zero-order chi connectivity index (χ0) is 15.4. The number of nitrogens with zero attached hydrogens (tertiary/aromatic N) is 1. The zero-order valence-corrected chi connectivity index (χ0v) is 12.1. The van der Waals surface area contributed by atoms with E-state index in [-0.39, 0.29) is 23.7 Å². The van der Waals surface area contributed by atoms with Crippen LogP contribution >= 0.6 is 0 Å². The summed E-state index contributed by atoms with van der Waals surface area (Å²) in [6.07, 6.45) is 2.88. The van der Waals surface area contributed by atoms with Gasteiger partial charge in [-0.25, -0.2) is 0 Å². The number of ether oxygens (including phenoxy) is 1. The molecule has 1 amide bonds. The van der Waals surface area contributed by atoms with E-state index in [1.807, 2.05) is 0 Å². The molecule has 2 atom stereocenters. The van der Waals surface area contributed by atoms with Crippen LogP contribution < -0.4 is 10.6 Å². The third kappa shape index (κ3) is 3.30. The molecule has 7 nitrogen and oxygen atoms in total. The van der Waals surface area contributed by atoms with E-state index in [1.165, 1.54) is 18.2 Å². The van der Waals surface area contributed by atoms with E-state index in [0.717, 1.165) is 19.3 Å². The monoisotopic (exact) mass is 293 g/mol. The van der Waals surface area contributed by atoms with Gasteiger partial charge in [0.1, 0.15) is 5.69 Å². The Hall–Kier alpha value is -2.15. The Balaban J connectivity index is 2.14. The van der Waals surface area contributed by atoms with Crippen molar-refractivity contribution in [2.45, 2.75) is 31.4 Å². The molecule has 0 saturated heterocycles. The van der Waals surface area contributed by atoms with Gasteiger partial charge in [0.05, 0.1) is 17.1 Å². The maximum atomic E-state index is 12.2. The SMILES string of the molecule is CNc1cc(C(=O)NC2CCCC2OC)ccc1[N+](=O)[O-]. The minimum atomic E-state index is -0.481. The Bertz CT molecular complexity index is 547. The highest BCUT2D eigenvalue weighted by atomic mass is 16.6. The molecular formula is C14H19N3O4. The number of nitrogens with one attached hydrogen (secondary N) is 2. The highest BCUT2D eigenvalue weighted by molar-refractivity contribution is 5.96. The molecule has 0 heterocycles. The fraction of sp³-hybridized carbons (Fsp3) is 0.500. The average Bonchev–Trinajstić information content (AvgIpc) is 2.93. The van der Waals surface area contributed by atoms with E-state index in [2.05, 4.69) is 10.6 Å². The van der Waals surface area contributed by atoms with Crippen molar-refractivity contribution in [2.24, 2.45) is 0 Å². The smallest absolute Gasteiger partial charge is 0.292 e. The molecule has 0 spiro atoms. The number of amides is 1. The van der Waals surface area contributed by atoms with Gasteiger partial charge in [0.25, 0.3) is 11.6 Å². The number of carbonyl (C=O) groups excluding carboxylic acids is 1. The van der Waals surface area contributed by atoms with E-state index in [1.54, 1.807) is 14.2 Å². The first-order valence-corrected chi connectivity index (χ1v) is 6.86. The molecule has 7 heteroatoms. The second-order valence-electron chi connectivity index (χ2n) is 5.02. The zero-order valence-electron chi connectivity index (χ0n) is 12.1. The highest BCUT2D eigenvalue weighted by Gasteiger charge is 2.29. The third-order valence-corrected chi connectivity index (χ3v) is 3.80. The summed E-state index contributed by atoms with van der Waals surface area (Å²) < 4.78 is 5.34. The summed E-state index contributed by atoms with van der Waals surface area (Å²) in [5.74, 6) is -0.240. The molecule has 0 bridgehead atoms. The molecule has 1 fully saturated rings. The van der Waals surface area contributed by atoms with Gasteiger partial charge in [0.2, 0.25) is 0 Å². The summed E-state index contributed by atoms with van der Waals surface area (Å²) in [4.78, 5) is 22.6. The standard InChI is InChI=1S/C14H19N3O4/c1-15-11-8-9(6-7-12(11)17(19)20)14(18)16-10-4-3-5-13(10)21-2/h6-8,10,13,15H,3-5H2,1-2H3,(H,16,18). The van der Waals surface area contributed by atoms with Crippen molar-refractivity contribution in [1.82, 2.24) is 5.32 Å². The first-order chi connectivity index (χ1) is 10.1. The summed E-state index contributed by atoms with van der Waals surface area (Å²) in [5, 5.41) is 16.5. The van der Waals surface area contributed by atoms with Crippen LogP contribution in [0.15, 0.2) is 18.2 Å². The molecule has 1 aliphatic rings. The number of benzene rings is 1. The molecule has 114 valence electrons. The van der Waals surface area contributed by atoms with Crippen LogP contribution in [0.3, 0.4) is 0 Å². The van der Waals surface area contributed by atoms with E-state index in [9.17, 15) is 14.9 Å². The highest BCUT2D eigenvalue weighted by Crippen LogP contribution is 2.26. The Morgan fingerprint density at radius 3 is 2.81 bits per heavy atom. The van der Waals surface area contributed by atoms with Gasteiger partial charge < -0.3 is 15.4 Å². The fourth-order valence-electron chi connectivity index (χ4n) is 2.66. The fourth-order valence-corrected chi connectivity index (χ4v) is 2.66. The Morgan fingerprint density at radius 2 is 2.19 bits per heavy atom. The number of nitro benzene ring substituents is 1. The second-order valence-corrected chi connectivity index (χ2v) is 5.02. The van der Waals surface area contributed by atoms with Crippen LogP contribution in [0.4, 0.5) is 11.4 Å². The van der Waals surface area contributed by atoms with Crippen molar-refractivity contribution in [2.75, 3.05) is 19.5 Å². The van der Waals surface area contributed by atoms with Gasteiger partial charge in [-0.1, -0.05) is 0 Å². The Labute approximate surface area is 122 Å². The number of rotatable bonds is 5. The van der Waals surface area contributed by atoms with Gasteiger partial charge in [-0.2, -0.15) is 0 Å². The number of hydrogen-bond acceptors (Lipinski definition) is 5. The number of methoxy groups -OCH3 is 1. The summed E-state index contributed by atoms with van der Waals surface area (Å²) in [6.45, 7) is 0. The molecule has 1 aliphatic carbocycles. The van der Waals surface area contributed by atoms with Gasteiger partial charge >= 0.3 is 0 Å². The van der Waals surface area contributed by atoms with Crippen LogP contribution in [0.1, 0.15) is 29.6 Å². The van der Waals surface area contributed by atoms with Gasteiger partial charge in [-0.05, 0) is 31.4 Å². The van der Waals surface area contributed by atoms with Crippen LogP contribution in [0.25, 0.3) is 0 Å². The number of hydrogen-bond donors (Lipinski definition) is 2.